The molecular weight excluding hydrogens is 294 g/mol. The zero-order chi connectivity index (χ0) is 16.5. The molecule has 2 aromatic carbocycles. The van der Waals surface area contributed by atoms with Gasteiger partial charge in [0.2, 0.25) is 0 Å². The molecule has 122 valence electrons. The third kappa shape index (κ3) is 5.21. The molecule has 0 bridgehead atoms. The maximum Gasteiger partial charge on any atom is 0.417 e. The van der Waals surface area contributed by atoms with Crippen molar-refractivity contribution in [3.8, 4) is 17.2 Å². The summed E-state index contributed by atoms with van der Waals surface area (Å²) in [5.41, 5.74) is 0.632. The van der Waals surface area contributed by atoms with Crippen LogP contribution < -0.4 is 19.5 Å². The number of benzene rings is 2. The van der Waals surface area contributed by atoms with Crippen molar-refractivity contribution >= 4 is 11.8 Å². The molecule has 0 aliphatic rings. The number of unbranched alkanes of at least 4 members (excludes halogenated alkanes) is 1. The van der Waals surface area contributed by atoms with E-state index in [4.69, 9.17) is 14.2 Å². The van der Waals surface area contributed by atoms with Gasteiger partial charge in [-0.2, -0.15) is 0 Å². The molecule has 1 amide bonds. The fourth-order valence-electron chi connectivity index (χ4n) is 1.92. The average Bonchev–Trinajstić information content (AvgIpc) is 2.57. The van der Waals surface area contributed by atoms with E-state index in [0.29, 0.717) is 23.8 Å². The van der Waals surface area contributed by atoms with Gasteiger partial charge in [-0.25, -0.2) is 4.79 Å². The van der Waals surface area contributed by atoms with E-state index in [0.717, 1.165) is 18.6 Å². The van der Waals surface area contributed by atoms with Gasteiger partial charge in [0.05, 0.1) is 13.7 Å². The summed E-state index contributed by atoms with van der Waals surface area (Å²) >= 11 is 0. The second-order valence-corrected chi connectivity index (χ2v) is 4.89. The Bertz CT molecular complexity index is 625. The van der Waals surface area contributed by atoms with Crippen LogP contribution in [0.25, 0.3) is 0 Å². The topological polar surface area (TPSA) is 56.8 Å². The highest BCUT2D eigenvalue weighted by atomic mass is 16.6. The molecule has 0 unspecified atom stereocenters. The van der Waals surface area contributed by atoms with Crippen LogP contribution in [0.5, 0.6) is 17.2 Å². The number of carbonyl (C=O) groups is 1. The molecule has 0 saturated carbocycles. The Labute approximate surface area is 136 Å². The fraction of sp³-hybridized carbons (Fsp3) is 0.278. The van der Waals surface area contributed by atoms with Crippen LogP contribution in [0, 0.1) is 0 Å². The molecule has 5 nitrogen and oxygen atoms in total. The second-order valence-electron chi connectivity index (χ2n) is 4.89. The van der Waals surface area contributed by atoms with Crippen LogP contribution in [0.1, 0.15) is 19.8 Å². The van der Waals surface area contributed by atoms with Gasteiger partial charge in [0.1, 0.15) is 5.75 Å². The van der Waals surface area contributed by atoms with Crippen LogP contribution in [0.3, 0.4) is 0 Å². The summed E-state index contributed by atoms with van der Waals surface area (Å²) < 4.78 is 16.0. The molecule has 0 aliphatic heterocycles. The predicted octanol–water partition coefficient (Wildman–Crippen LogP) is 4.49. The normalized spacial score (nSPS) is 10.0. The number of rotatable bonds is 7. The number of hydrogen-bond acceptors (Lipinski definition) is 4. The number of hydrogen-bond donors (Lipinski definition) is 1. The zero-order valence-corrected chi connectivity index (χ0v) is 13.4. The van der Waals surface area contributed by atoms with Crippen LogP contribution in [-0.2, 0) is 0 Å². The summed E-state index contributed by atoms with van der Waals surface area (Å²) in [7, 11) is 1.53. The van der Waals surface area contributed by atoms with Gasteiger partial charge in [0.15, 0.2) is 11.5 Å². The molecule has 0 aromatic heterocycles. The first-order valence-electron chi connectivity index (χ1n) is 7.57. The Morgan fingerprint density at radius 2 is 1.74 bits per heavy atom. The van der Waals surface area contributed by atoms with Crippen molar-refractivity contribution in [2.75, 3.05) is 19.0 Å². The smallest absolute Gasteiger partial charge is 0.417 e. The van der Waals surface area contributed by atoms with Crippen LogP contribution in [0.15, 0.2) is 48.5 Å². The fourth-order valence-corrected chi connectivity index (χ4v) is 1.92. The van der Waals surface area contributed by atoms with Crippen molar-refractivity contribution in [3.05, 3.63) is 48.5 Å². The molecule has 0 radical (unpaired) electrons. The quantitative estimate of drug-likeness (QED) is 0.765. The van der Waals surface area contributed by atoms with Crippen LogP contribution in [0.2, 0.25) is 0 Å². The lowest BCUT2D eigenvalue weighted by Gasteiger charge is -2.10. The lowest BCUT2D eigenvalue weighted by atomic mass is 10.3. The lowest BCUT2D eigenvalue weighted by Crippen LogP contribution is -2.17. The molecule has 0 atom stereocenters. The van der Waals surface area contributed by atoms with E-state index in [2.05, 4.69) is 12.2 Å². The van der Waals surface area contributed by atoms with Gasteiger partial charge in [0, 0.05) is 5.69 Å². The monoisotopic (exact) mass is 315 g/mol. The number of nitrogens with one attached hydrogen (secondary N) is 1. The van der Waals surface area contributed by atoms with E-state index in [1.807, 2.05) is 12.1 Å². The molecule has 0 heterocycles. The highest BCUT2D eigenvalue weighted by molar-refractivity contribution is 5.86. The Balaban J connectivity index is 1.90. The maximum absolute atomic E-state index is 11.9. The van der Waals surface area contributed by atoms with Crippen LogP contribution >= 0.6 is 0 Å². The first kappa shape index (κ1) is 16.7. The summed E-state index contributed by atoms with van der Waals surface area (Å²) in [5, 5.41) is 2.66. The van der Waals surface area contributed by atoms with Gasteiger partial charge in [0.25, 0.3) is 0 Å². The Hall–Kier alpha value is -2.69. The lowest BCUT2D eigenvalue weighted by molar-refractivity contribution is 0.213. The van der Waals surface area contributed by atoms with Crippen LogP contribution in [-0.4, -0.2) is 19.8 Å². The van der Waals surface area contributed by atoms with Gasteiger partial charge in [-0.1, -0.05) is 25.5 Å². The predicted molar refractivity (Wildman–Crippen MR) is 89.5 cm³/mol. The number of carbonyl (C=O) groups excluding carboxylic acids is 1. The molecule has 2 aromatic rings. The number of ether oxygens (including phenoxy) is 3. The second kappa shape index (κ2) is 8.68. The Morgan fingerprint density at radius 1 is 1.04 bits per heavy atom. The van der Waals surface area contributed by atoms with Crippen molar-refractivity contribution in [1.29, 1.82) is 0 Å². The van der Waals surface area contributed by atoms with E-state index in [1.54, 1.807) is 36.4 Å². The summed E-state index contributed by atoms with van der Waals surface area (Å²) in [6.45, 7) is 2.81. The minimum absolute atomic E-state index is 0.368. The SMILES string of the molecule is CCCCOc1ccc(NC(=O)Oc2ccccc2OC)cc1. The Kier molecular flexibility index (Phi) is 6.29. The number of methoxy groups -OCH3 is 1. The van der Waals surface area contributed by atoms with Crippen molar-refractivity contribution in [3.63, 3.8) is 0 Å². The van der Waals surface area contributed by atoms with Gasteiger partial charge in [-0.05, 0) is 42.8 Å². The first-order chi connectivity index (χ1) is 11.2. The van der Waals surface area contributed by atoms with Gasteiger partial charge in [-0.15, -0.1) is 0 Å². The van der Waals surface area contributed by atoms with Gasteiger partial charge in [-0.3, -0.25) is 5.32 Å². The summed E-state index contributed by atoms with van der Waals surface area (Å²) in [4.78, 5) is 11.9. The number of para-hydroxylation sites is 2. The van der Waals surface area contributed by atoms with E-state index in [1.165, 1.54) is 7.11 Å². The van der Waals surface area contributed by atoms with Gasteiger partial charge >= 0.3 is 6.09 Å². The maximum atomic E-state index is 11.9. The van der Waals surface area contributed by atoms with E-state index >= 15 is 0 Å². The minimum Gasteiger partial charge on any atom is -0.494 e. The van der Waals surface area contributed by atoms with Crippen molar-refractivity contribution in [2.45, 2.75) is 19.8 Å². The first-order valence-corrected chi connectivity index (χ1v) is 7.57. The minimum atomic E-state index is -0.575. The van der Waals surface area contributed by atoms with E-state index in [9.17, 15) is 4.79 Å². The molecule has 0 fully saturated rings. The van der Waals surface area contributed by atoms with E-state index in [-0.39, 0.29) is 0 Å². The molecule has 1 N–H and O–H groups in total. The van der Waals surface area contributed by atoms with Crippen molar-refractivity contribution < 1.29 is 19.0 Å². The van der Waals surface area contributed by atoms with E-state index < -0.39 is 6.09 Å². The largest absolute Gasteiger partial charge is 0.494 e. The molecule has 5 heteroatoms. The summed E-state index contributed by atoms with van der Waals surface area (Å²) in [6, 6.07) is 14.1. The van der Waals surface area contributed by atoms with Crippen LogP contribution in [0.4, 0.5) is 10.5 Å². The van der Waals surface area contributed by atoms with Crippen molar-refractivity contribution in [2.24, 2.45) is 0 Å². The van der Waals surface area contributed by atoms with Crippen molar-refractivity contribution in [1.82, 2.24) is 0 Å². The zero-order valence-electron chi connectivity index (χ0n) is 13.4. The molecule has 0 aliphatic carbocycles. The highest BCUT2D eigenvalue weighted by Gasteiger charge is 2.09. The summed E-state index contributed by atoms with van der Waals surface area (Å²) in [5.74, 6) is 1.65. The number of amides is 1. The molecule has 0 spiro atoms. The molecular formula is C18H21NO4. The third-order valence-electron chi connectivity index (χ3n) is 3.14. The Morgan fingerprint density at radius 3 is 2.39 bits per heavy atom. The average molecular weight is 315 g/mol. The highest BCUT2D eigenvalue weighted by Crippen LogP contribution is 2.26. The molecule has 23 heavy (non-hydrogen) atoms. The third-order valence-corrected chi connectivity index (χ3v) is 3.14. The molecule has 2 rings (SSSR count). The summed E-state index contributed by atoms with van der Waals surface area (Å²) in [6.07, 6.45) is 1.54. The standard InChI is InChI=1S/C18H21NO4/c1-3-4-13-22-15-11-9-14(10-12-15)19-18(20)23-17-8-6-5-7-16(17)21-2/h5-12H,3-4,13H2,1-2H3,(H,19,20). The molecule has 0 saturated heterocycles. The number of anilines is 1. The van der Waals surface area contributed by atoms with Gasteiger partial charge < -0.3 is 14.2 Å².